The number of alkyl halides is 3. The monoisotopic (exact) mass is 391 g/mol. The fraction of sp³-hybridized carbons (Fsp3) is 0.400. The SMILES string of the molecule is CCOC(=O)Cc1c[nH]c(=O)c(I)c1OC(F)(F)F. The quantitative estimate of drug-likeness (QED) is 0.630. The van der Waals surface area contributed by atoms with E-state index in [1.807, 2.05) is 0 Å². The average Bonchev–Trinajstić information content (AvgIpc) is 2.27. The lowest BCUT2D eigenvalue weighted by Crippen LogP contribution is -2.23. The molecular weight excluding hydrogens is 382 g/mol. The average molecular weight is 391 g/mol. The minimum atomic E-state index is -4.95. The second-order valence-electron chi connectivity index (χ2n) is 3.32. The third-order valence-electron chi connectivity index (χ3n) is 1.93. The Bertz CT molecular complexity index is 526. The van der Waals surface area contributed by atoms with E-state index in [0.717, 1.165) is 6.20 Å². The Labute approximate surface area is 119 Å². The summed E-state index contributed by atoms with van der Waals surface area (Å²) in [5, 5.41) is 0. The Hall–Kier alpha value is -1.26. The molecule has 1 aromatic rings. The van der Waals surface area contributed by atoms with Crippen molar-refractivity contribution in [2.45, 2.75) is 19.7 Å². The summed E-state index contributed by atoms with van der Waals surface area (Å²) in [6.45, 7) is 1.68. The van der Waals surface area contributed by atoms with Gasteiger partial charge in [0.05, 0.1) is 13.0 Å². The molecule has 0 radical (unpaired) electrons. The highest BCUT2D eigenvalue weighted by molar-refractivity contribution is 14.1. The predicted molar refractivity (Wildman–Crippen MR) is 66.8 cm³/mol. The van der Waals surface area contributed by atoms with E-state index in [1.54, 1.807) is 6.92 Å². The van der Waals surface area contributed by atoms with E-state index in [1.165, 1.54) is 22.6 Å². The van der Waals surface area contributed by atoms with Gasteiger partial charge in [0.25, 0.3) is 5.56 Å². The molecule has 9 heteroatoms. The van der Waals surface area contributed by atoms with E-state index >= 15 is 0 Å². The van der Waals surface area contributed by atoms with Crippen molar-refractivity contribution in [3.05, 3.63) is 25.7 Å². The first-order valence-electron chi connectivity index (χ1n) is 5.06. The van der Waals surface area contributed by atoms with Crippen molar-refractivity contribution < 1.29 is 27.4 Å². The third kappa shape index (κ3) is 4.73. The van der Waals surface area contributed by atoms with Crippen LogP contribution in [0.2, 0.25) is 0 Å². The van der Waals surface area contributed by atoms with Gasteiger partial charge in [0.2, 0.25) is 0 Å². The second kappa shape index (κ2) is 6.26. The van der Waals surface area contributed by atoms with Crippen molar-refractivity contribution in [2.24, 2.45) is 0 Å². The van der Waals surface area contributed by atoms with E-state index in [-0.39, 0.29) is 15.7 Å². The van der Waals surface area contributed by atoms with E-state index in [9.17, 15) is 22.8 Å². The molecule has 0 unspecified atom stereocenters. The zero-order valence-electron chi connectivity index (χ0n) is 9.64. The molecule has 19 heavy (non-hydrogen) atoms. The first-order valence-corrected chi connectivity index (χ1v) is 6.14. The molecule has 0 saturated heterocycles. The Morgan fingerprint density at radius 1 is 1.47 bits per heavy atom. The first kappa shape index (κ1) is 15.8. The van der Waals surface area contributed by atoms with Crippen LogP contribution in [0.15, 0.2) is 11.0 Å². The lowest BCUT2D eigenvalue weighted by Gasteiger charge is -2.13. The Morgan fingerprint density at radius 3 is 2.63 bits per heavy atom. The highest BCUT2D eigenvalue weighted by Gasteiger charge is 2.34. The largest absolute Gasteiger partial charge is 0.573 e. The number of nitrogens with one attached hydrogen (secondary N) is 1. The van der Waals surface area contributed by atoms with Gasteiger partial charge in [-0.2, -0.15) is 0 Å². The fourth-order valence-electron chi connectivity index (χ4n) is 1.25. The number of ether oxygens (including phenoxy) is 2. The van der Waals surface area contributed by atoms with Crippen molar-refractivity contribution in [1.82, 2.24) is 4.98 Å². The summed E-state index contributed by atoms with van der Waals surface area (Å²) in [5.41, 5.74) is -0.827. The number of hydrogen-bond acceptors (Lipinski definition) is 4. The van der Waals surface area contributed by atoms with Gasteiger partial charge in [-0.3, -0.25) is 9.59 Å². The molecule has 1 heterocycles. The van der Waals surface area contributed by atoms with Gasteiger partial charge in [-0.25, -0.2) is 0 Å². The molecule has 1 N–H and O–H groups in total. The highest BCUT2D eigenvalue weighted by Crippen LogP contribution is 2.29. The minimum Gasteiger partial charge on any atom is -0.466 e. The molecule has 0 bridgehead atoms. The Morgan fingerprint density at radius 2 is 2.11 bits per heavy atom. The molecule has 0 saturated carbocycles. The Balaban J connectivity index is 3.13. The first-order chi connectivity index (χ1) is 8.74. The molecule has 0 aliphatic carbocycles. The summed E-state index contributed by atoms with van der Waals surface area (Å²) in [6.07, 6.45) is -4.37. The molecule has 0 spiro atoms. The van der Waals surface area contributed by atoms with Gasteiger partial charge in [-0.15, -0.1) is 13.2 Å². The van der Waals surface area contributed by atoms with E-state index in [0.29, 0.717) is 0 Å². The molecule has 1 aromatic heterocycles. The third-order valence-corrected chi connectivity index (χ3v) is 2.91. The topological polar surface area (TPSA) is 68.4 Å². The van der Waals surface area contributed by atoms with Gasteiger partial charge < -0.3 is 14.5 Å². The number of carbonyl (C=O) groups excluding carboxylic acids is 1. The van der Waals surface area contributed by atoms with Gasteiger partial charge in [0.1, 0.15) is 3.57 Å². The predicted octanol–water partition coefficient (Wildman–Crippen LogP) is 1.98. The number of H-pyrrole nitrogens is 1. The number of halogens is 4. The molecule has 0 atom stereocenters. The van der Waals surface area contributed by atoms with Gasteiger partial charge in [-0.1, -0.05) is 0 Å². The van der Waals surface area contributed by atoms with Crippen molar-refractivity contribution in [2.75, 3.05) is 6.61 Å². The summed E-state index contributed by atoms with van der Waals surface area (Å²) < 4.78 is 44.9. The van der Waals surface area contributed by atoms with Crippen molar-refractivity contribution in [1.29, 1.82) is 0 Å². The number of rotatable bonds is 4. The maximum absolute atomic E-state index is 12.3. The second-order valence-corrected chi connectivity index (χ2v) is 4.39. The lowest BCUT2D eigenvalue weighted by molar-refractivity contribution is -0.275. The van der Waals surface area contributed by atoms with Crippen LogP contribution in [0.1, 0.15) is 12.5 Å². The standard InChI is InChI=1S/C10H9F3INO4/c1-2-18-6(16)3-5-4-15-9(17)7(14)8(5)19-10(11,12)13/h4H,2-3H2,1H3,(H,15,17). The van der Waals surface area contributed by atoms with E-state index < -0.39 is 30.1 Å². The molecular formula is C10H9F3INO4. The maximum Gasteiger partial charge on any atom is 0.573 e. The van der Waals surface area contributed by atoms with Crippen LogP contribution in [-0.4, -0.2) is 23.9 Å². The zero-order chi connectivity index (χ0) is 14.6. The number of carbonyl (C=O) groups is 1. The van der Waals surface area contributed by atoms with Crippen molar-refractivity contribution in [3.63, 3.8) is 0 Å². The van der Waals surface area contributed by atoms with Crippen LogP contribution < -0.4 is 10.3 Å². The normalized spacial score (nSPS) is 11.2. The van der Waals surface area contributed by atoms with Crippen LogP contribution in [0.4, 0.5) is 13.2 Å². The van der Waals surface area contributed by atoms with Crippen LogP contribution in [0, 0.1) is 3.57 Å². The molecule has 1 rings (SSSR count). The molecule has 106 valence electrons. The molecule has 0 aromatic carbocycles. The number of hydrogen-bond donors (Lipinski definition) is 1. The van der Waals surface area contributed by atoms with Gasteiger partial charge in [-0.05, 0) is 29.5 Å². The van der Waals surface area contributed by atoms with E-state index in [2.05, 4.69) is 14.5 Å². The van der Waals surface area contributed by atoms with Crippen molar-refractivity contribution >= 4 is 28.6 Å². The smallest absolute Gasteiger partial charge is 0.466 e. The Kier molecular flexibility index (Phi) is 5.20. The molecule has 5 nitrogen and oxygen atoms in total. The van der Waals surface area contributed by atoms with Gasteiger partial charge in [0, 0.05) is 11.8 Å². The molecule has 0 amide bonds. The number of aromatic amines is 1. The fourth-order valence-corrected chi connectivity index (χ4v) is 1.86. The summed E-state index contributed by atoms with van der Waals surface area (Å²) in [7, 11) is 0. The summed E-state index contributed by atoms with van der Waals surface area (Å²) >= 11 is 1.42. The van der Waals surface area contributed by atoms with Crippen LogP contribution in [0.3, 0.4) is 0 Å². The van der Waals surface area contributed by atoms with Gasteiger partial charge in [0.15, 0.2) is 5.75 Å². The van der Waals surface area contributed by atoms with Gasteiger partial charge >= 0.3 is 12.3 Å². The van der Waals surface area contributed by atoms with Crippen LogP contribution >= 0.6 is 22.6 Å². The van der Waals surface area contributed by atoms with E-state index in [4.69, 9.17) is 0 Å². The highest BCUT2D eigenvalue weighted by atomic mass is 127. The summed E-state index contributed by atoms with van der Waals surface area (Å²) in [5.74, 6) is -1.39. The number of esters is 1. The molecule has 0 aliphatic heterocycles. The summed E-state index contributed by atoms with van der Waals surface area (Å²) in [4.78, 5) is 24.8. The minimum absolute atomic E-state index is 0.0974. The molecule has 0 fully saturated rings. The maximum atomic E-state index is 12.3. The number of pyridine rings is 1. The van der Waals surface area contributed by atoms with Crippen LogP contribution in [0.25, 0.3) is 0 Å². The van der Waals surface area contributed by atoms with Crippen LogP contribution in [-0.2, 0) is 16.0 Å². The lowest BCUT2D eigenvalue weighted by atomic mass is 10.2. The van der Waals surface area contributed by atoms with Crippen LogP contribution in [0.5, 0.6) is 5.75 Å². The molecule has 0 aliphatic rings. The van der Waals surface area contributed by atoms with Crippen molar-refractivity contribution in [3.8, 4) is 5.75 Å². The summed E-state index contributed by atoms with van der Waals surface area (Å²) in [6, 6.07) is 0. The zero-order valence-corrected chi connectivity index (χ0v) is 11.8. The number of aromatic nitrogens is 1.